The quantitative estimate of drug-likeness (QED) is 0.468. The lowest BCUT2D eigenvalue weighted by Gasteiger charge is -2.09. The number of rotatable bonds is 4. The number of nitrogens with zero attached hydrogens (tertiary/aromatic N) is 4. The highest BCUT2D eigenvalue weighted by atomic mass is 32.1. The maximum absolute atomic E-state index is 12.9. The zero-order valence-corrected chi connectivity index (χ0v) is 17.1. The van der Waals surface area contributed by atoms with Crippen LogP contribution in [0.15, 0.2) is 42.7 Å². The van der Waals surface area contributed by atoms with Crippen LogP contribution in [-0.2, 0) is 13.2 Å². The molecule has 31 heavy (non-hydrogen) atoms. The third kappa shape index (κ3) is 3.67. The average molecular weight is 443 g/mol. The van der Waals surface area contributed by atoms with Crippen molar-refractivity contribution >= 4 is 34.0 Å². The van der Waals surface area contributed by atoms with Crippen LogP contribution < -0.4 is 5.32 Å². The Kier molecular flexibility index (Phi) is 4.54. The molecule has 1 aromatic carbocycles. The van der Waals surface area contributed by atoms with Crippen LogP contribution in [0.25, 0.3) is 22.2 Å². The van der Waals surface area contributed by atoms with Crippen molar-refractivity contribution in [3.63, 3.8) is 0 Å². The Balaban J connectivity index is 1.49. The number of fused-ring (bicyclic) bond motifs is 1. The Morgan fingerprint density at radius 2 is 2.03 bits per heavy atom. The van der Waals surface area contributed by atoms with Gasteiger partial charge in [0.15, 0.2) is 0 Å². The molecule has 1 aliphatic rings. The standard InChI is InChI=1S/C21H16F3N5OS/c1-29-15-5-4-12(8-13(15)10-26-29)18-17(11-2-3-11)19(31-28-18)20(30)27-14-6-7-25-16(9-14)21(22,23)24/h4-11H,2-3H2,1H3,(H,25,27,30). The SMILES string of the molecule is Cn1ncc2cc(-c3nsc(C(=O)Nc4ccnc(C(F)(F)F)c4)c3C3CC3)ccc21. The number of aromatic nitrogens is 4. The molecule has 1 aliphatic carbocycles. The van der Waals surface area contributed by atoms with Gasteiger partial charge in [0, 0.05) is 35.4 Å². The van der Waals surface area contributed by atoms with E-state index in [0.717, 1.165) is 64.4 Å². The molecule has 6 nitrogen and oxygen atoms in total. The number of halogens is 3. The Labute approximate surface area is 178 Å². The monoisotopic (exact) mass is 443 g/mol. The highest BCUT2D eigenvalue weighted by Gasteiger charge is 2.35. The second-order valence-electron chi connectivity index (χ2n) is 7.47. The van der Waals surface area contributed by atoms with E-state index in [1.807, 2.05) is 25.2 Å². The van der Waals surface area contributed by atoms with Gasteiger partial charge in [-0.2, -0.15) is 22.6 Å². The molecule has 1 fully saturated rings. The molecule has 0 atom stereocenters. The number of amides is 1. The molecule has 10 heteroatoms. The first-order chi connectivity index (χ1) is 14.8. The predicted octanol–water partition coefficient (Wildman–Crippen LogP) is 5.24. The zero-order valence-electron chi connectivity index (χ0n) is 16.3. The summed E-state index contributed by atoms with van der Waals surface area (Å²) in [6.07, 6.45) is 0.129. The van der Waals surface area contributed by atoms with Gasteiger partial charge in [-0.05, 0) is 54.6 Å². The van der Waals surface area contributed by atoms with Gasteiger partial charge in [-0.1, -0.05) is 6.07 Å². The molecule has 0 spiro atoms. The molecule has 5 rings (SSSR count). The lowest BCUT2D eigenvalue weighted by molar-refractivity contribution is -0.141. The fourth-order valence-corrected chi connectivity index (χ4v) is 4.46. The number of carbonyl (C=O) groups is 1. The molecule has 0 unspecified atom stereocenters. The van der Waals surface area contributed by atoms with Gasteiger partial charge in [0.05, 0.1) is 17.4 Å². The molecule has 1 saturated carbocycles. The summed E-state index contributed by atoms with van der Waals surface area (Å²) in [6.45, 7) is 0. The molecule has 1 N–H and O–H groups in total. The summed E-state index contributed by atoms with van der Waals surface area (Å²) in [6, 6.07) is 8.06. The second-order valence-corrected chi connectivity index (χ2v) is 8.25. The molecule has 0 saturated heterocycles. The number of hydrogen-bond acceptors (Lipinski definition) is 5. The van der Waals surface area contributed by atoms with E-state index < -0.39 is 17.8 Å². The number of carbonyl (C=O) groups excluding carboxylic acids is 1. The minimum Gasteiger partial charge on any atom is -0.321 e. The van der Waals surface area contributed by atoms with Crippen molar-refractivity contribution in [2.24, 2.45) is 7.05 Å². The molecule has 3 aromatic heterocycles. The van der Waals surface area contributed by atoms with E-state index in [1.165, 1.54) is 6.07 Å². The fourth-order valence-electron chi connectivity index (χ4n) is 3.58. The molecule has 0 radical (unpaired) electrons. The van der Waals surface area contributed by atoms with Gasteiger partial charge in [-0.15, -0.1) is 0 Å². The first-order valence-corrected chi connectivity index (χ1v) is 10.3. The number of aryl methyl sites for hydroxylation is 1. The summed E-state index contributed by atoms with van der Waals surface area (Å²) in [5, 5.41) is 7.79. The summed E-state index contributed by atoms with van der Waals surface area (Å²) < 4.78 is 45.1. The topological polar surface area (TPSA) is 72.7 Å². The Bertz CT molecular complexity index is 1310. The molecule has 3 heterocycles. The van der Waals surface area contributed by atoms with Crippen LogP contribution in [0, 0.1) is 0 Å². The molecule has 1 amide bonds. The van der Waals surface area contributed by atoms with Crippen molar-refractivity contribution in [1.29, 1.82) is 0 Å². The Hall–Kier alpha value is -3.27. The molecule has 0 bridgehead atoms. The number of benzene rings is 1. The van der Waals surface area contributed by atoms with Gasteiger partial charge >= 0.3 is 6.18 Å². The van der Waals surface area contributed by atoms with Crippen LogP contribution in [0.3, 0.4) is 0 Å². The lowest BCUT2D eigenvalue weighted by atomic mass is 10.0. The summed E-state index contributed by atoms with van der Waals surface area (Å²) in [5.74, 6) is -0.241. The van der Waals surface area contributed by atoms with E-state index in [1.54, 1.807) is 10.9 Å². The van der Waals surface area contributed by atoms with Crippen LogP contribution in [0.1, 0.15) is 39.7 Å². The van der Waals surface area contributed by atoms with Gasteiger partial charge in [-0.25, -0.2) is 0 Å². The Morgan fingerprint density at radius 3 is 2.77 bits per heavy atom. The molecular weight excluding hydrogens is 427 g/mol. The minimum absolute atomic E-state index is 0.0424. The Morgan fingerprint density at radius 1 is 1.23 bits per heavy atom. The number of hydrogen-bond donors (Lipinski definition) is 1. The number of anilines is 1. The highest BCUT2D eigenvalue weighted by Crippen LogP contribution is 2.47. The van der Waals surface area contributed by atoms with Crippen molar-refractivity contribution in [2.75, 3.05) is 5.32 Å². The average Bonchev–Trinajstić information content (AvgIpc) is 3.37. The summed E-state index contributed by atoms with van der Waals surface area (Å²) >= 11 is 1.07. The molecule has 158 valence electrons. The second kappa shape index (κ2) is 7.16. The summed E-state index contributed by atoms with van der Waals surface area (Å²) in [7, 11) is 1.87. The van der Waals surface area contributed by atoms with E-state index in [2.05, 4.69) is 19.8 Å². The van der Waals surface area contributed by atoms with Gasteiger partial charge in [0.2, 0.25) is 0 Å². The van der Waals surface area contributed by atoms with Crippen molar-refractivity contribution in [3.8, 4) is 11.3 Å². The van der Waals surface area contributed by atoms with E-state index in [0.29, 0.717) is 4.88 Å². The van der Waals surface area contributed by atoms with Gasteiger partial charge in [0.1, 0.15) is 10.6 Å². The van der Waals surface area contributed by atoms with Crippen LogP contribution >= 0.6 is 11.5 Å². The first-order valence-electron chi connectivity index (χ1n) is 9.57. The van der Waals surface area contributed by atoms with Gasteiger partial charge in [0.25, 0.3) is 5.91 Å². The molecule has 0 aliphatic heterocycles. The van der Waals surface area contributed by atoms with Crippen molar-refractivity contribution in [1.82, 2.24) is 19.1 Å². The summed E-state index contributed by atoms with van der Waals surface area (Å²) in [5.41, 5.74) is 2.47. The normalized spacial score (nSPS) is 14.2. The van der Waals surface area contributed by atoms with Crippen LogP contribution in [0.4, 0.5) is 18.9 Å². The van der Waals surface area contributed by atoms with Crippen LogP contribution in [0.2, 0.25) is 0 Å². The van der Waals surface area contributed by atoms with Crippen LogP contribution in [-0.4, -0.2) is 25.0 Å². The van der Waals surface area contributed by atoms with E-state index in [-0.39, 0.29) is 11.6 Å². The van der Waals surface area contributed by atoms with Crippen molar-refractivity contribution in [3.05, 3.63) is 58.9 Å². The van der Waals surface area contributed by atoms with Crippen LogP contribution in [0.5, 0.6) is 0 Å². The first kappa shape index (κ1) is 19.7. The number of pyridine rings is 1. The van der Waals surface area contributed by atoms with Gasteiger partial charge in [-0.3, -0.25) is 14.5 Å². The highest BCUT2D eigenvalue weighted by molar-refractivity contribution is 7.08. The predicted molar refractivity (Wildman–Crippen MR) is 111 cm³/mol. The molecule has 4 aromatic rings. The summed E-state index contributed by atoms with van der Waals surface area (Å²) in [4.78, 5) is 16.7. The van der Waals surface area contributed by atoms with E-state index in [9.17, 15) is 18.0 Å². The van der Waals surface area contributed by atoms with Crippen molar-refractivity contribution < 1.29 is 18.0 Å². The fraction of sp³-hybridized carbons (Fsp3) is 0.238. The maximum atomic E-state index is 12.9. The van der Waals surface area contributed by atoms with E-state index in [4.69, 9.17) is 0 Å². The lowest BCUT2D eigenvalue weighted by Crippen LogP contribution is -2.14. The van der Waals surface area contributed by atoms with Gasteiger partial charge < -0.3 is 5.32 Å². The van der Waals surface area contributed by atoms with E-state index >= 15 is 0 Å². The largest absolute Gasteiger partial charge is 0.433 e. The minimum atomic E-state index is -4.58. The maximum Gasteiger partial charge on any atom is 0.433 e. The zero-order chi connectivity index (χ0) is 21.8. The third-order valence-corrected chi connectivity index (χ3v) is 6.11. The number of alkyl halides is 3. The number of nitrogens with one attached hydrogen (secondary N) is 1. The smallest absolute Gasteiger partial charge is 0.321 e. The molecular formula is C21H16F3N5OS. The van der Waals surface area contributed by atoms with Crippen molar-refractivity contribution in [2.45, 2.75) is 24.9 Å². The third-order valence-electron chi connectivity index (χ3n) is 5.25.